The number of carbonyl (C=O) groups excluding carboxylic acids is 1. The number of nitrogen functional groups attached to an aromatic ring is 1. The number of anilines is 1. The summed E-state index contributed by atoms with van der Waals surface area (Å²) >= 11 is 11.7. The van der Waals surface area contributed by atoms with E-state index in [0.717, 1.165) is 12.8 Å². The van der Waals surface area contributed by atoms with Crippen LogP contribution in [0.25, 0.3) is 0 Å². The highest BCUT2D eigenvalue weighted by Crippen LogP contribution is 2.29. The molecule has 3 nitrogen and oxygen atoms in total. The minimum atomic E-state index is -0.417. The second-order valence-electron chi connectivity index (χ2n) is 4.40. The van der Waals surface area contributed by atoms with Gasteiger partial charge >= 0.3 is 5.97 Å². The number of ether oxygens (including phenoxy) is 1. The summed E-state index contributed by atoms with van der Waals surface area (Å²) in [6.07, 6.45) is 5.54. The zero-order chi connectivity index (χ0) is 14.3. The molecule has 0 radical (unpaired) electrons. The van der Waals surface area contributed by atoms with Crippen molar-refractivity contribution in [3.63, 3.8) is 0 Å². The summed E-state index contributed by atoms with van der Waals surface area (Å²) in [4.78, 5) is 11.8. The summed E-state index contributed by atoms with van der Waals surface area (Å²) in [5.41, 5.74) is 6.21. The van der Waals surface area contributed by atoms with Crippen LogP contribution >= 0.6 is 23.2 Å². The quantitative estimate of drug-likeness (QED) is 0.451. The lowest BCUT2D eigenvalue weighted by atomic mass is 10.2. The number of unbranched alkanes of at least 4 members (excludes halogenated alkanes) is 4. The molecular formula is C14H19Cl2NO2. The van der Waals surface area contributed by atoms with E-state index in [2.05, 4.69) is 6.92 Å². The molecule has 0 spiro atoms. The van der Waals surface area contributed by atoms with E-state index in [4.69, 9.17) is 33.7 Å². The van der Waals surface area contributed by atoms with Gasteiger partial charge in [0.2, 0.25) is 0 Å². The second-order valence-corrected chi connectivity index (χ2v) is 5.22. The molecule has 0 fully saturated rings. The van der Waals surface area contributed by atoms with Crippen molar-refractivity contribution in [1.82, 2.24) is 0 Å². The lowest BCUT2D eigenvalue weighted by Gasteiger charge is -2.07. The molecule has 0 aliphatic heterocycles. The number of esters is 1. The Balaban J connectivity index is 2.42. The molecule has 0 aliphatic carbocycles. The molecule has 1 rings (SSSR count). The first-order chi connectivity index (χ1) is 9.06. The molecule has 106 valence electrons. The van der Waals surface area contributed by atoms with Gasteiger partial charge in [-0.05, 0) is 18.6 Å². The lowest BCUT2D eigenvalue weighted by molar-refractivity contribution is 0.0497. The van der Waals surface area contributed by atoms with Crippen LogP contribution in [0.15, 0.2) is 12.1 Å². The van der Waals surface area contributed by atoms with E-state index < -0.39 is 5.97 Å². The van der Waals surface area contributed by atoms with Crippen LogP contribution in [0.2, 0.25) is 10.0 Å². The molecule has 1 aromatic rings. The molecule has 0 unspecified atom stereocenters. The van der Waals surface area contributed by atoms with E-state index in [9.17, 15) is 4.79 Å². The Morgan fingerprint density at radius 1 is 1.16 bits per heavy atom. The molecule has 0 bridgehead atoms. The first-order valence-corrected chi connectivity index (χ1v) is 7.23. The predicted octanol–water partition coefficient (Wildman–Crippen LogP) is 4.70. The lowest BCUT2D eigenvalue weighted by Crippen LogP contribution is -2.07. The molecule has 2 N–H and O–H groups in total. The van der Waals surface area contributed by atoms with Crippen molar-refractivity contribution < 1.29 is 9.53 Å². The summed E-state index contributed by atoms with van der Waals surface area (Å²) in [5, 5.41) is 0.532. The van der Waals surface area contributed by atoms with E-state index >= 15 is 0 Å². The standard InChI is InChI=1S/C14H19Cl2NO2/c1-2-3-4-5-6-7-19-14(18)10-8-11(15)13(17)12(16)9-10/h8-9H,2-7,17H2,1H3. The van der Waals surface area contributed by atoms with Gasteiger partial charge in [-0.2, -0.15) is 0 Å². The average Bonchev–Trinajstić information content (AvgIpc) is 2.39. The normalized spacial score (nSPS) is 10.5. The molecular weight excluding hydrogens is 285 g/mol. The number of carbonyl (C=O) groups is 1. The van der Waals surface area contributed by atoms with Crippen LogP contribution in [0.4, 0.5) is 5.69 Å². The minimum Gasteiger partial charge on any atom is -0.462 e. The summed E-state index contributed by atoms with van der Waals surface area (Å²) < 4.78 is 5.16. The van der Waals surface area contributed by atoms with Crippen LogP contribution in [-0.2, 0) is 4.74 Å². The zero-order valence-electron chi connectivity index (χ0n) is 11.0. The van der Waals surface area contributed by atoms with Gasteiger partial charge in [-0.15, -0.1) is 0 Å². The minimum absolute atomic E-state index is 0.266. The molecule has 19 heavy (non-hydrogen) atoms. The Bertz CT molecular complexity index is 412. The van der Waals surface area contributed by atoms with Crippen molar-refractivity contribution >= 4 is 34.9 Å². The van der Waals surface area contributed by atoms with Gasteiger partial charge in [0, 0.05) is 0 Å². The fourth-order valence-corrected chi connectivity index (χ4v) is 2.14. The highest BCUT2D eigenvalue weighted by Gasteiger charge is 2.12. The van der Waals surface area contributed by atoms with Crippen molar-refractivity contribution in [2.45, 2.75) is 39.0 Å². The zero-order valence-corrected chi connectivity index (χ0v) is 12.6. The maximum absolute atomic E-state index is 11.8. The largest absolute Gasteiger partial charge is 0.462 e. The van der Waals surface area contributed by atoms with E-state index in [0.29, 0.717) is 12.2 Å². The van der Waals surface area contributed by atoms with Gasteiger partial charge in [0.25, 0.3) is 0 Å². The summed E-state index contributed by atoms with van der Waals surface area (Å²) in [5.74, 6) is -0.417. The van der Waals surface area contributed by atoms with Crippen LogP contribution < -0.4 is 5.73 Å². The number of nitrogens with two attached hydrogens (primary N) is 1. The van der Waals surface area contributed by atoms with E-state index in [1.165, 1.54) is 31.4 Å². The first-order valence-electron chi connectivity index (χ1n) is 6.48. The van der Waals surface area contributed by atoms with Crippen molar-refractivity contribution in [2.75, 3.05) is 12.3 Å². The van der Waals surface area contributed by atoms with Gasteiger partial charge in [0.15, 0.2) is 0 Å². The van der Waals surface area contributed by atoms with Gasteiger partial charge in [-0.3, -0.25) is 0 Å². The number of rotatable bonds is 7. The molecule has 0 saturated carbocycles. The van der Waals surface area contributed by atoms with Crippen LogP contribution in [-0.4, -0.2) is 12.6 Å². The Labute approximate surface area is 124 Å². The van der Waals surface area contributed by atoms with Crippen LogP contribution in [0.3, 0.4) is 0 Å². The van der Waals surface area contributed by atoms with Gasteiger partial charge in [-0.25, -0.2) is 4.79 Å². The number of hydrogen-bond donors (Lipinski definition) is 1. The maximum Gasteiger partial charge on any atom is 0.338 e. The molecule has 0 amide bonds. The summed E-state index contributed by atoms with van der Waals surface area (Å²) in [6.45, 7) is 2.58. The third-order valence-corrected chi connectivity index (χ3v) is 3.42. The van der Waals surface area contributed by atoms with Crippen LogP contribution in [0.1, 0.15) is 49.4 Å². The highest BCUT2D eigenvalue weighted by atomic mass is 35.5. The molecule has 0 saturated heterocycles. The van der Waals surface area contributed by atoms with Gasteiger partial charge in [0.1, 0.15) is 0 Å². The molecule has 0 atom stereocenters. The van der Waals surface area contributed by atoms with Crippen molar-refractivity contribution in [3.8, 4) is 0 Å². The fraction of sp³-hybridized carbons (Fsp3) is 0.500. The Morgan fingerprint density at radius 2 is 1.74 bits per heavy atom. The third kappa shape index (κ3) is 5.29. The number of benzene rings is 1. The van der Waals surface area contributed by atoms with Crippen LogP contribution in [0, 0.1) is 0 Å². The fourth-order valence-electron chi connectivity index (χ4n) is 1.66. The monoisotopic (exact) mass is 303 g/mol. The van der Waals surface area contributed by atoms with Crippen molar-refractivity contribution in [3.05, 3.63) is 27.7 Å². The Morgan fingerprint density at radius 3 is 2.32 bits per heavy atom. The Kier molecular flexibility index (Phi) is 7.03. The molecule has 5 heteroatoms. The van der Waals surface area contributed by atoms with E-state index in [1.807, 2.05) is 0 Å². The van der Waals surface area contributed by atoms with Crippen molar-refractivity contribution in [2.24, 2.45) is 0 Å². The van der Waals surface area contributed by atoms with E-state index in [-0.39, 0.29) is 15.7 Å². The molecule has 0 aromatic heterocycles. The summed E-state index contributed by atoms with van der Waals surface area (Å²) in [6, 6.07) is 2.95. The first kappa shape index (κ1) is 16.1. The van der Waals surface area contributed by atoms with Gasteiger partial charge in [0.05, 0.1) is 27.9 Å². The summed E-state index contributed by atoms with van der Waals surface area (Å²) in [7, 11) is 0. The van der Waals surface area contributed by atoms with Crippen molar-refractivity contribution in [1.29, 1.82) is 0 Å². The maximum atomic E-state index is 11.8. The molecule has 1 aromatic carbocycles. The van der Waals surface area contributed by atoms with Gasteiger partial charge < -0.3 is 10.5 Å². The topological polar surface area (TPSA) is 52.3 Å². The second kappa shape index (κ2) is 8.28. The van der Waals surface area contributed by atoms with Crippen LogP contribution in [0.5, 0.6) is 0 Å². The molecule has 0 heterocycles. The number of hydrogen-bond acceptors (Lipinski definition) is 3. The predicted molar refractivity (Wildman–Crippen MR) is 79.9 cm³/mol. The van der Waals surface area contributed by atoms with Gasteiger partial charge in [-0.1, -0.05) is 55.8 Å². The highest BCUT2D eigenvalue weighted by molar-refractivity contribution is 6.39. The third-order valence-electron chi connectivity index (χ3n) is 2.80. The smallest absolute Gasteiger partial charge is 0.338 e. The molecule has 0 aliphatic rings. The Hall–Kier alpha value is -0.930. The van der Waals surface area contributed by atoms with E-state index in [1.54, 1.807) is 0 Å². The average molecular weight is 304 g/mol. The number of halogens is 2. The SMILES string of the molecule is CCCCCCCOC(=O)c1cc(Cl)c(N)c(Cl)c1.